The number of hydrogen-bond donors (Lipinski definition) is 3. The maximum atomic E-state index is 10.7. The Morgan fingerprint density at radius 1 is 1.74 bits per heavy atom. The second-order valence-electron chi connectivity index (χ2n) is 4.68. The first-order valence-corrected chi connectivity index (χ1v) is 7.41. The standard InChI is InChI=1S/C12H20N4O2S/c1-2-16(8-3-4-8)6-5-14-12-15-9(7-19-12)10(13)11(17)18/h7-8,10H,2-6,13H2,1H3,(H,14,15)(H,17,18). The quantitative estimate of drug-likeness (QED) is 0.662. The molecule has 1 fully saturated rings. The van der Waals surface area contributed by atoms with E-state index in [1.807, 2.05) is 0 Å². The SMILES string of the molecule is CCN(CCNc1nc(C(N)C(=O)O)cs1)C1CC1. The predicted molar refractivity (Wildman–Crippen MR) is 75.4 cm³/mol. The number of nitrogens with zero attached hydrogens (tertiary/aromatic N) is 2. The molecule has 4 N–H and O–H groups in total. The van der Waals surface area contributed by atoms with Gasteiger partial charge in [-0.15, -0.1) is 11.3 Å². The van der Waals surface area contributed by atoms with Crippen molar-refractivity contribution in [3.05, 3.63) is 11.1 Å². The van der Waals surface area contributed by atoms with Gasteiger partial charge in [-0.05, 0) is 19.4 Å². The molecule has 7 heteroatoms. The maximum absolute atomic E-state index is 10.7. The van der Waals surface area contributed by atoms with Gasteiger partial charge >= 0.3 is 5.97 Å². The topological polar surface area (TPSA) is 91.5 Å². The Morgan fingerprint density at radius 2 is 2.47 bits per heavy atom. The van der Waals surface area contributed by atoms with E-state index in [2.05, 4.69) is 22.1 Å². The third-order valence-electron chi connectivity index (χ3n) is 3.25. The van der Waals surface area contributed by atoms with Crippen molar-refractivity contribution >= 4 is 22.4 Å². The Hall–Kier alpha value is -1.18. The number of anilines is 1. The van der Waals surface area contributed by atoms with Crippen molar-refractivity contribution in [3.63, 3.8) is 0 Å². The number of hydrogen-bond acceptors (Lipinski definition) is 6. The molecule has 0 saturated heterocycles. The van der Waals surface area contributed by atoms with Gasteiger partial charge in [-0.2, -0.15) is 0 Å². The Balaban J connectivity index is 1.78. The minimum absolute atomic E-state index is 0.412. The molecule has 1 atom stereocenters. The van der Waals surface area contributed by atoms with Crippen molar-refractivity contribution in [3.8, 4) is 0 Å². The highest BCUT2D eigenvalue weighted by Crippen LogP contribution is 2.26. The fourth-order valence-corrected chi connectivity index (χ4v) is 2.76. The lowest BCUT2D eigenvalue weighted by Crippen LogP contribution is -2.30. The summed E-state index contributed by atoms with van der Waals surface area (Å²) < 4.78 is 0. The van der Waals surface area contributed by atoms with E-state index >= 15 is 0 Å². The van der Waals surface area contributed by atoms with Crippen LogP contribution in [0.1, 0.15) is 31.5 Å². The fraction of sp³-hybridized carbons (Fsp3) is 0.667. The molecular formula is C12H20N4O2S. The molecule has 0 spiro atoms. The van der Waals surface area contributed by atoms with E-state index in [0.717, 1.165) is 30.8 Å². The second kappa shape index (κ2) is 6.31. The molecule has 1 aromatic rings. The van der Waals surface area contributed by atoms with E-state index in [1.165, 1.54) is 24.2 Å². The number of aliphatic carboxylic acids is 1. The smallest absolute Gasteiger partial charge is 0.326 e. The molecule has 1 saturated carbocycles. The first-order chi connectivity index (χ1) is 9.11. The van der Waals surface area contributed by atoms with Crippen molar-refractivity contribution in [1.29, 1.82) is 0 Å². The first kappa shape index (κ1) is 14.2. The summed E-state index contributed by atoms with van der Waals surface area (Å²) in [5.74, 6) is -1.05. The molecule has 19 heavy (non-hydrogen) atoms. The van der Waals surface area contributed by atoms with Gasteiger partial charge in [-0.3, -0.25) is 9.69 Å². The summed E-state index contributed by atoms with van der Waals surface area (Å²) in [6, 6.07) is -0.274. The average molecular weight is 284 g/mol. The zero-order valence-electron chi connectivity index (χ0n) is 11.0. The van der Waals surface area contributed by atoms with Crippen LogP contribution in [0.4, 0.5) is 5.13 Å². The molecule has 0 radical (unpaired) electrons. The highest BCUT2D eigenvalue weighted by Gasteiger charge is 2.27. The number of thiazole rings is 1. The van der Waals surface area contributed by atoms with Crippen molar-refractivity contribution in [2.24, 2.45) is 5.73 Å². The Kier molecular flexibility index (Phi) is 4.73. The van der Waals surface area contributed by atoms with Gasteiger partial charge in [0, 0.05) is 24.5 Å². The molecule has 1 aliphatic carbocycles. The monoisotopic (exact) mass is 284 g/mol. The van der Waals surface area contributed by atoms with Gasteiger partial charge < -0.3 is 16.2 Å². The predicted octanol–water partition coefficient (Wildman–Crippen LogP) is 1.12. The average Bonchev–Trinajstić information content (AvgIpc) is 3.12. The van der Waals surface area contributed by atoms with E-state index < -0.39 is 12.0 Å². The van der Waals surface area contributed by atoms with Crippen molar-refractivity contribution < 1.29 is 9.90 Å². The van der Waals surface area contributed by atoms with E-state index in [0.29, 0.717) is 5.69 Å². The number of carboxylic acid groups (broad SMARTS) is 1. The van der Waals surface area contributed by atoms with Gasteiger partial charge in [0.05, 0.1) is 5.69 Å². The number of carbonyl (C=O) groups is 1. The van der Waals surface area contributed by atoms with Crippen LogP contribution in [0, 0.1) is 0 Å². The number of rotatable bonds is 8. The molecule has 1 unspecified atom stereocenters. The molecule has 106 valence electrons. The maximum Gasteiger partial charge on any atom is 0.326 e. The van der Waals surface area contributed by atoms with Crippen molar-refractivity contribution in [2.75, 3.05) is 25.0 Å². The number of nitrogens with two attached hydrogens (primary N) is 1. The number of aromatic nitrogens is 1. The summed E-state index contributed by atoms with van der Waals surface area (Å²) in [7, 11) is 0. The van der Waals surface area contributed by atoms with Crippen LogP contribution in [0.5, 0.6) is 0 Å². The van der Waals surface area contributed by atoms with E-state index in [1.54, 1.807) is 5.38 Å². The van der Waals surface area contributed by atoms with Crippen LogP contribution in [0.2, 0.25) is 0 Å². The van der Waals surface area contributed by atoms with Gasteiger partial charge in [-0.1, -0.05) is 6.92 Å². The molecular weight excluding hydrogens is 264 g/mol. The highest BCUT2D eigenvalue weighted by molar-refractivity contribution is 7.13. The molecule has 1 aromatic heterocycles. The third-order valence-corrected chi connectivity index (χ3v) is 4.07. The zero-order chi connectivity index (χ0) is 13.8. The number of nitrogens with one attached hydrogen (secondary N) is 1. The summed E-state index contributed by atoms with van der Waals surface area (Å²) in [5.41, 5.74) is 5.92. The van der Waals surface area contributed by atoms with Crippen LogP contribution in [0.25, 0.3) is 0 Å². The first-order valence-electron chi connectivity index (χ1n) is 6.53. The van der Waals surface area contributed by atoms with E-state index in [-0.39, 0.29) is 0 Å². The van der Waals surface area contributed by atoms with Crippen molar-refractivity contribution in [1.82, 2.24) is 9.88 Å². The molecule has 1 heterocycles. The van der Waals surface area contributed by atoms with Crippen LogP contribution in [-0.4, -0.2) is 46.6 Å². The largest absolute Gasteiger partial charge is 0.480 e. The third kappa shape index (κ3) is 3.89. The van der Waals surface area contributed by atoms with Crippen LogP contribution >= 0.6 is 11.3 Å². The Morgan fingerprint density at radius 3 is 3.05 bits per heavy atom. The summed E-state index contributed by atoms with van der Waals surface area (Å²) in [6.45, 7) is 5.05. The van der Waals surface area contributed by atoms with Crippen LogP contribution in [0.15, 0.2) is 5.38 Å². The normalized spacial score (nSPS) is 16.6. The minimum atomic E-state index is -1.05. The van der Waals surface area contributed by atoms with Gasteiger partial charge in [-0.25, -0.2) is 4.98 Å². The van der Waals surface area contributed by atoms with Crippen LogP contribution in [-0.2, 0) is 4.79 Å². The zero-order valence-corrected chi connectivity index (χ0v) is 11.8. The second-order valence-corrected chi connectivity index (χ2v) is 5.54. The molecule has 0 aromatic carbocycles. The minimum Gasteiger partial charge on any atom is -0.480 e. The molecule has 0 amide bonds. The molecule has 1 aliphatic rings. The number of carboxylic acids is 1. The van der Waals surface area contributed by atoms with Gasteiger partial charge in [0.15, 0.2) is 5.13 Å². The van der Waals surface area contributed by atoms with Crippen LogP contribution in [0.3, 0.4) is 0 Å². The van der Waals surface area contributed by atoms with E-state index in [9.17, 15) is 4.79 Å². The van der Waals surface area contributed by atoms with Gasteiger partial charge in [0.25, 0.3) is 0 Å². The highest BCUT2D eigenvalue weighted by atomic mass is 32.1. The molecule has 2 rings (SSSR count). The van der Waals surface area contributed by atoms with Crippen molar-refractivity contribution in [2.45, 2.75) is 31.8 Å². The van der Waals surface area contributed by atoms with E-state index in [4.69, 9.17) is 10.8 Å². The fourth-order valence-electron chi connectivity index (χ4n) is 1.98. The summed E-state index contributed by atoms with van der Waals surface area (Å²) in [6.07, 6.45) is 2.62. The molecule has 0 bridgehead atoms. The van der Waals surface area contributed by atoms with Gasteiger partial charge in [0.2, 0.25) is 0 Å². The molecule has 6 nitrogen and oxygen atoms in total. The summed E-state index contributed by atoms with van der Waals surface area (Å²) in [4.78, 5) is 17.4. The lowest BCUT2D eigenvalue weighted by molar-refractivity contribution is -0.138. The summed E-state index contributed by atoms with van der Waals surface area (Å²) in [5, 5.41) is 14.5. The molecule has 0 aliphatic heterocycles. The Labute approximate surface area is 116 Å². The summed E-state index contributed by atoms with van der Waals surface area (Å²) >= 11 is 1.39. The lowest BCUT2D eigenvalue weighted by atomic mass is 10.2. The van der Waals surface area contributed by atoms with Gasteiger partial charge in [0.1, 0.15) is 6.04 Å². The lowest BCUT2D eigenvalue weighted by Gasteiger charge is -2.19. The van der Waals surface area contributed by atoms with Crippen LogP contribution < -0.4 is 11.1 Å². The Bertz CT molecular complexity index is 433. The number of likely N-dealkylation sites (N-methyl/N-ethyl adjacent to an activating group) is 1.